The van der Waals surface area contributed by atoms with E-state index in [0.29, 0.717) is 55.1 Å². The zero-order valence-electron chi connectivity index (χ0n) is 17.9. The number of aromatic amines is 1. The minimum Gasteiger partial charge on any atom is -0.336 e. The number of fused-ring (bicyclic) bond motifs is 2. The van der Waals surface area contributed by atoms with Gasteiger partial charge in [0.1, 0.15) is 0 Å². The number of carbonyl (C=O) groups excluding carboxylic acids is 1. The van der Waals surface area contributed by atoms with Crippen LogP contribution in [-0.4, -0.2) is 57.0 Å². The van der Waals surface area contributed by atoms with E-state index in [2.05, 4.69) is 10.1 Å². The Kier molecular flexibility index (Phi) is 5.05. The lowest BCUT2D eigenvalue weighted by molar-refractivity contribution is -0.140. The molecule has 4 rings (SSSR count). The molecule has 9 nitrogen and oxygen atoms in total. The standard InChI is InChI=1S/C20H29N5O4S/c1-5-30(28,29)24-9-6-7-16(24)14-11-17-21-15-12-23(19(27)20(2,3)4)10-8-13(15)18(26)25(17)22-14/h11,16,22H,5-10,12H2,1-4H3/t16-/m0/s1. The number of carbonyl (C=O) groups is 1. The Morgan fingerprint density at radius 1 is 1.30 bits per heavy atom. The first-order chi connectivity index (χ1) is 14.0. The van der Waals surface area contributed by atoms with Gasteiger partial charge in [0.05, 0.1) is 29.7 Å². The van der Waals surface area contributed by atoms with Gasteiger partial charge in [0.25, 0.3) is 5.56 Å². The van der Waals surface area contributed by atoms with Gasteiger partial charge in [-0.25, -0.2) is 17.9 Å². The number of hydrogen-bond acceptors (Lipinski definition) is 5. The Balaban J connectivity index is 1.71. The highest BCUT2D eigenvalue weighted by atomic mass is 32.2. The smallest absolute Gasteiger partial charge is 0.276 e. The minimum atomic E-state index is -3.33. The van der Waals surface area contributed by atoms with Crippen LogP contribution in [0, 0.1) is 5.41 Å². The maximum Gasteiger partial charge on any atom is 0.276 e. The summed E-state index contributed by atoms with van der Waals surface area (Å²) in [5.41, 5.74) is 1.71. The van der Waals surface area contributed by atoms with Gasteiger partial charge in [-0.1, -0.05) is 20.8 Å². The maximum atomic E-state index is 13.1. The molecule has 1 fully saturated rings. The number of H-pyrrole nitrogens is 1. The minimum absolute atomic E-state index is 0.0382. The highest BCUT2D eigenvalue weighted by Gasteiger charge is 2.36. The Labute approximate surface area is 176 Å². The number of sulfonamides is 1. The van der Waals surface area contributed by atoms with Crippen molar-refractivity contribution in [2.24, 2.45) is 5.41 Å². The number of hydrogen-bond donors (Lipinski definition) is 1. The summed E-state index contributed by atoms with van der Waals surface area (Å²) in [6.45, 7) is 8.58. The van der Waals surface area contributed by atoms with Crippen molar-refractivity contribution in [2.45, 2.75) is 59.5 Å². The van der Waals surface area contributed by atoms with Gasteiger partial charge < -0.3 is 4.90 Å². The van der Waals surface area contributed by atoms with E-state index >= 15 is 0 Å². The fourth-order valence-electron chi connectivity index (χ4n) is 4.38. The first-order valence-electron chi connectivity index (χ1n) is 10.4. The van der Waals surface area contributed by atoms with Crippen LogP contribution >= 0.6 is 0 Å². The summed E-state index contributed by atoms with van der Waals surface area (Å²) in [4.78, 5) is 32.1. The second-order valence-electron chi connectivity index (χ2n) is 9.14. The van der Waals surface area contributed by atoms with Gasteiger partial charge in [0.2, 0.25) is 15.9 Å². The van der Waals surface area contributed by atoms with E-state index in [0.717, 1.165) is 6.42 Å². The highest BCUT2D eigenvalue weighted by Crippen LogP contribution is 2.34. The summed E-state index contributed by atoms with van der Waals surface area (Å²) in [6.07, 6.45) is 1.94. The van der Waals surface area contributed by atoms with E-state index in [4.69, 9.17) is 0 Å². The summed E-state index contributed by atoms with van der Waals surface area (Å²) >= 11 is 0. The van der Waals surface area contributed by atoms with Gasteiger partial charge in [0, 0.05) is 30.1 Å². The monoisotopic (exact) mass is 435 g/mol. The molecule has 0 unspecified atom stereocenters. The number of nitrogens with one attached hydrogen (secondary N) is 1. The van der Waals surface area contributed by atoms with E-state index in [1.165, 1.54) is 8.82 Å². The summed E-state index contributed by atoms with van der Waals surface area (Å²) in [5.74, 6) is 0.0877. The quantitative estimate of drug-likeness (QED) is 0.785. The number of amides is 1. The van der Waals surface area contributed by atoms with Crippen LogP contribution in [0.25, 0.3) is 5.65 Å². The van der Waals surface area contributed by atoms with E-state index in [-0.39, 0.29) is 23.3 Å². The van der Waals surface area contributed by atoms with E-state index in [1.54, 1.807) is 17.9 Å². The first-order valence-corrected chi connectivity index (χ1v) is 12.1. The van der Waals surface area contributed by atoms with Crippen molar-refractivity contribution < 1.29 is 13.2 Å². The van der Waals surface area contributed by atoms with Crippen molar-refractivity contribution in [1.29, 1.82) is 0 Å². The average Bonchev–Trinajstić information content (AvgIpc) is 3.33. The summed E-state index contributed by atoms with van der Waals surface area (Å²) in [5, 5.41) is 3.10. The Morgan fingerprint density at radius 3 is 2.70 bits per heavy atom. The van der Waals surface area contributed by atoms with E-state index in [9.17, 15) is 18.0 Å². The summed E-state index contributed by atoms with van der Waals surface area (Å²) in [7, 11) is -3.33. The SMILES string of the molecule is CCS(=O)(=O)N1CCC[C@H]1c1cc2nc3c(c(=O)n2[nH]1)CCN(C(=O)C(C)(C)C)C3. The number of nitrogens with zero attached hydrogens (tertiary/aromatic N) is 4. The molecule has 164 valence electrons. The zero-order chi connectivity index (χ0) is 21.8. The molecule has 1 atom stereocenters. The molecule has 1 amide bonds. The molecular formula is C20H29N5O4S. The van der Waals surface area contributed by atoms with Crippen LogP contribution in [0.3, 0.4) is 0 Å². The molecule has 4 heterocycles. The molecule has 0 aromatic carbocycles. The van der Waals surface area contributed by atoms with Crippen LogP contribution < -0.4 is 5.56 Å². The normalized spacial score (nSPS) is 20.7. The lowest BCUT2D eigenvalue weighted by atomic mass is 9.93. The second-order valence-corrected chi connectivity index (χ2v) is 11.4. The van der Waals surface area contributed by atoms with Crippen molar-refractivity contribution in [3.63, 3.8) is 0 Å². The third kappa shape index (κ3) is 3.45. The Bertz CT molecular complexity index is 1160. The van der Waals surface area contributed by atoms with Gasteiger partial charge in [-0.3, -0.25) is 14.7 Å². The van der Waals surface area contributed by atoms with Gasteiger partial charge >= 0.3 is 0 Å². The molecule has 2 aliphatic rings. The molecule has 2 aromatic heterocycles. The van der Waals surface area contributed by atoms with Gasteiger partial charge in [-0.05, 0) is 26.2 Å². The molecule has 10 heteroatoms. The second kappa shape index (κ2) is 7.19. The average molecular weight is 436 g/mol. The molecule has 0 spiro atoms. The molecule has 0 radical (unpaired) electrons. The van der Waals surface area contributed by atoms with Crippen LogP contribution in [-0.2, 0) is 27.8 Å². The largest absolute Gasteiger partial charge is 0.336 e. The maximum absolute atomic E-state index is 13.1. The number of rotatable bonds is 3. The lowest BCUT2D eigenvalue weighted by Crippen LogP contribution is -2.44. The first kappa shape index (κ1) is 21.0. The molecule has 0 saturated carbocycles. The van der Waals surface area contributed by atoms with Crippen LogP contribution in [0.2, 0.25) is 0 Å². The Morgan fingerprint density at radius 2 is 2.03 bits per heavy atom. The van der Waals surface area contributed by atoms with Gasteiger partial charge in [-0.15, -0.1) is 0 Å². The molecular weight excluding hydrogens is 406 g/mol. The zero-order valence-corrected chi connectivity index (χ0v) is 18.8. The molecule has 2 aromatic rings. The molecule has 2 aliphatic heterocycles. The van der Waals surface area contributed by atoms with Crippen molar-refractivity contribution in [3.05, 3.63) is 33.4 Å². The van der Waals surface area contributed by atoms with Crippen LogP contribution in [0.15, 0.2) is 10.9 Å². The van der Waals surface area contributed by atoms with Gasteiger partial charge in [0.15, 0.2) is 5.65 Å². The topological polar surface area (TPSA) is 108 Å². The molecule has 0 aliphatic carbocycles. The van der Waals surface area contributed by atoms with E-state index in [1.807, 2.05) is 20.8 Å². The highest BCUT2D eigenvalue weighted by molar-refractivity contribution is 7.89. The molecule has 30 heavy (non-hydrogen) atoms. The predicted octanol–water partition coefficient (Wildman–Crippen LogP) is 1.44. The third-order valence-corrected chi connectivity index (χ3v) is 7.88. The van der Waals surface area contributed by atoms with E-state index < -0.39 is 15.4 Å². The third-order valence-electron chi connectivity index (χ3n) is 6.00. The summed E-state index contributed by atoms with van der Waals surface area (Å²) < 4.78 is 27.8. The fourth-order valence-corrected chi connectivity index (χ4v) is 5.73. The fraction of sp³-hybridized carbons (Fsp3) is 0.650. The predicted molar refractivity (Wildman–Crippen MR) is 113 cm³/mol. The van der Waals surface area contributed by atoms with Gasteiger partial charge in [-0.2, -0.15) is 4.31 Å². The van der Waals surface area contributed by atoms with Crippen molar-refractivity contribution >= 4 is 21.6 Å². The molecule has 0 bridgehead atoms. The Hall–Kier alpha value is -2.20. The van der Waals surface area contributed by atoms with Crippen LogP contribution in [0.5, 0.6) is 0 Å². The van der Waals surface area contributed by atoms with Crippen LogP contribution in [0.1, 0.15) is 63.5 Å². The van der Waals surface area contributed by atoms with Crippen molar-refractivity contribution in [2.75, 3.05) is 18.8 Å². The van der Waals surface area contributed by atoms with Crippen molar-refractivity contribution in [3.8, 4) is 0 Å². The molecule has 1 N–H and O–H groups in total. The van der Waals surface area contributed by atoms with Crippen LogP contribution in [0.4, 0.5) is 0 Å². The number of aromatic nitrogens is 3. The molecule has 1 saturated heterocycles. The lowest BCUT2D eigenvalue weighted by Gasteiger charge is -2.32. The van der Waals surface area contributed by atoms with Crippen molar-refractivity contribution in [1.82, 2.24) is 23.8 Å². The summed E-state index contributed by atoms with van der Waals surface area (Å²) in [6, 6.07) is 1.45.